The number of aliphatic hydroxyl groups excluding tert-OH is 5. The third kappa shape index (κ3) is 27.9. The second-order valence-electron chi connectivity index (χ2n) is 16.2. The number of carbonyl (C=O) groups is 1. The molecule has 0 saturated carbocycles. The standard InChI is InChI=1S/C46H87NO8/c1-3-5-7-9-11-13-15-16-17-18-19-20-21-22-23-24-26-28-30-32-34-36-42(50)47-39(38-54-46-45(53)44(52)43(51)41(37-48)55-46)40(49)35-33-31-29-27-25-14-12-10-8-6-4-2/h16-17,33,35,39-41,43-46,48-49,51-53H,3-15,18-32,34,36-38H2,1-2H3,(H,47,50)/b17-16-,35-33+/t39-,40+,41+,43+,44-,45+,46+/m0/s1. The lowest BCUT2D eigenvalue weighted by Gasteiger charge is -2.40. The molecule has 1 aliphatic rings. The summed E-state index contributed by atoms with van der Waals surface area (Å²) in [6.45, 7) is 3.75. The van der Waals surface area contributed by atoms with Gasteiger partial charge in [0.2, 0.25) is 5.91 Å². The Morgan fingerprint density at radius 3 is 1.47 bits per heavy atom. The number of nitrogens with one attached hydrogen (secondary N) is 1. The molecule has 0 spiro atoms. The minimum Gasteiger partial charge on any atom is -0.394 e. The van der Waals surface area contributed by atoms with E-state index in [1.807, 2.05) is 6.08 Å². The molecule has 0 bridgehead atoms. The summed E-state index contributed by atoms with van der Waals surface area (Å²) >= 11 is 0. The molecule has 0 aromatic carbocycles. The Labute approximate surface area is 337 Å². The Balaban J connectivity index is 2.29. The van der Waals surface area contributed by atoms with Crippen LogP contribution >= 0.6 is 0 Å². The maximum Gasteiger partial charge on any atom is 0.220 e. The fourth-order valence-electron chi connectivity index (χ4n) is 7.27. The third-order valence-electron chi connectivity index (χ3n) is 11.0. The number of hydrogen-bond acceptors (Lipinski definition) is 8. The van der Waals surface area contributed by atoms with Crippen molar-refractivity contribution in [2.75, 3.05) is 13.2 Å². The molecule has 0 aromatic rings. The van der Waals surface area contributed by atoms with Crippen LogP contribution in [0.15, 0.2) is 24.3 Å². The largest absolute Gasteiger partial charge is 0.394 e. The number of ether oxygens (including phenoxy) is 2. The van der Waals surface area contributed by atoms with E-state index in [4.69, 9.17) is 9.47 Å². The van der Waals surface area contributed by atoms with E-state index < -0.39 is 49.5 Å². The average Bonchev–Trinajstić information content (AvgIpc) is 3.18. The summed E-state index contributed by atoms with van der Waals surface area (Å²) < 4.78 is 11.2. The van der Waals surface area contributed by atoms with Crippen LogP contribution < -0.4 is 5.32 Å². The first-order chi connectivity index (χ1) is 26.8. The SMILES string of the molecule is CCCCCCCC/C=C\CCCCCCCCCCCCCC(=O)N[C@@H](CO[C@@H]1O[C@H](CO)[C@@H](O)[C@H](O)[C@H]1O)[C@H](O)/C=C/CCCCCCCCCCC. The van der Waals surface area contributed by atoms with E-state index in [1.54, 1.807) is 6.08 Å². The molecule has 7 atom stereocenters. The maximum atomic E-state index is 12.9. The second-order valence-corrected chi connectivity index (χ2v) is 16.2. The van der Waals surface area contributed by atoms with Crippen molar-refractivity contribution in [3.8, 4) is 0 Å². The summed E-state index contributed by atoms with van der Waals surface area (Å²) in [4.78, 5) is 12.9. The van der Waals surface area contributed by atoms with E-state index in [0.717, 1.165) is 38.5 Å². The summed E-state index contributed by atoms with van der Waals surface area (Å²) in [5, 5.41) is 54.1. The van der Waals surface area contributed by atoms with Gasteiger partial charge in [-0.25, -0.2) is 0 Å². The van der Waals surface area contributed by atoms with Gasteiger partial charge in [-0.05, 0) is 44.9 Å². The molecule has 1 rings (SSSR count). The summed E-state index contributed by atoms with van der Waals surface area (Å²) in [6.07, 6.45) is 36.5. The Bertz CT molecular complexity index is 914. The van der Waals surface area contributed by atoms with Crippen molar-refractivity contribution in [1.82, 2.24) is 5.32 Å². The topological polar surface area (TPSA) is 149 Å². The van der Waals surface area contributed by atoms with Gasteiger partial charge in [0.15, 0.2) is 6.29 Å². The lowest BCUT2D eigenvalue weighted by molar-refractivity contribution is -0.302. The Morgan fingerprint density at radius 2 is 1.02 bits per heavy atom. The fourth-order valence-corrected chi connectivity index (χ4v) is 7.27. The minimum atomic E-state index is -1.56. The van der Waals surface area contributed by atoms with Crippen molar-refractivity contribution in [2.45, 2.75) is 249 Å². The van der Waals surface area contributed by atoms with Crippen molar-refractivity contribution in [3.63, 3.8) is 0 Å². The highest BCUT2D eigenvalue weighted by atomic mass is 16.7. The molecule has 0 aromatic heterocycles. The predicted molar refractivity (Wildman–Crippen MR) is 226 cm³/mol. The number of aliphatic hydroxyl groups is 5. The van der Waals surface area contributed by atoms with Crippen LogP contribution in [0.25, 0.3) is 0 Å². The van der Waals surface area contributed by atoms with Crippen LogP contribution in [0.4, 0.5) is 0 Å². The third-order valence-corrected chi connectivity index (χ3v) is 11.0. The first kappa shape index (κ1) is 51.7. The molecule has 1 heterocycles. The highest BCUT2D eigenvalue weighted by Gasteiger charge is 2.44. The molecular formula is C46H87NO8. The molecule has 0 aliphatic carbocycles. The number of amides is 1. The molecule has 324 valence electrons. The molecule has 1 fully saturated rings. The monoisotopic (exact) mass is 782 g/mol. The highest BCUT2D eigenvalue weighted by molar-refractivity contribution is 5.76. The van der Waals surface area contributed by atoms with Crippen LogP contribution in [-0.4, -0.2) is 87.5 Å². The van der Waals surface area contributed by atoms with Gasteiger partial charge in [0.1, 0.15) is 24.4 Å². The molecule has 1 saturated heterocycles. The molecule has 55 heavy (non-hydrogen) atoms. The average molecular weight is 782 g/mol. The lowest BCUT2D eigenvalue weighted by atomic mass is 9.99. The zero-order valence-corrected chi connectivity index (χ0v) is 35.4. The number of allylic oxidation sites excluding steroid dienone is 3. The van der Waals surface area contributed by atoms with Gasteiger partial charge in [0.05, 0.1) is 25.4 Å². The minimum absolute atomic E-state index is 0.179. The van der Waals surface area contributed by atoms with E-state index in [2.05, 4.69) is 31.3 Å². The molecule has 1 aliphatic heterocycles. The Morgan fingerprint density at radius 1 is 0.600 bits per heavy atom. The molecular weight excluding hydrogens is 695 g/mol. The van der Waals surface area contributed by atoms with Gasteiger partial charge in [-0.15, -0.1) is 0 Å². The summed E-state index contributed by atoms with van der Waals surface area (Å²) in [5.74, 6) is -0.179. The van der Waals surface area contributed by atoms with Gasteiger partial charge in [-0.1, -0.05) is 179 Å². The predicted octanol–water partition coefficient (Wildman–Crippen LogP) is 9.50. The van der Waals surface area contributed by atoms with Crippen molar-refractivity contribution in [2.24, 2.45) is 0 Å². The van der Waals surface area contributed by atoms with Crippen LogP contribution in [0, 0.1) is 0 Å². The van der Waals surface area contributed by atoms with Crippen molar-refractivity contribution in [3.05, 3.63) is 24.3 Å². The zero-order chi connectivity index (χ0) is 40.2. The van der Waals surface area contributed by atoms with Gasteiger partial charge < -0.3 is 40.3 Å². The van der Waals surface area contributed by atoms with Gasteiger partial charge in [0, 0.05) is 6.42 Å². The van der Waals surface area contributed by atoms with Gasteiger partial charge >= 0.3 is 0 Å². The summed E-state index contributed by atoms with van der Waals surface area (Å²) in [5.41, 5.74) is 0. The number of carbonyl (C=O) groups excluding carboxylic acids is 1. The molecule has 9 nitrogen and oxygen atoms in total. The molecule has 0 radical (unpaired) electrons. The smallest absolute Gasteiger partial charge is 0.220 e. The van der Waals surface area contributed by atoms with Crippen LogP contribution in [0.3, 0.4) is 0 Å². The van der Waals surface area contributed by atoms with E-state index in [0.29, 0.717) is 6.42 Å². The second kappa shape index (κ2) is 37.0. The Hall–Kier alpha value is -1.33. The zero-order valence-electron chi connectivity index (χ0n) is 35.4. The first-order valence-electron chi connectivity index (χ1n) is 23.1. The first-order valence-corrected chi connectivity index (χ1v) is 23.1. The van der Waals surface area contributed by atoms with Crippen molar-refractivity contribution in [1.29, 1.82) is 0 Å². The summed E-state index contributed by atoms with van der Waals surface area (Å²) in [7, 11) is 0. The lowest BCUT2D eigenvalue weighted by Crippen LogP contribution is -2.60. The molecule has 0 unspecified atom stereocenters. The van der Waals surface area contributed by atoms with Gasteiger partial charge in [-0.3, -0.25) is 4.79 Å². The maximum absolute atomic E-state index is 12.9. The van der Waals surface area contributed by atoms with Gasteiger partial charge in [0.25, 0.3) is 0 Å². The van der Waals surface area contributed by atoms with E-state index in [1.165, 1.54) is 148 Å². The molecule has 1 amide bonds. The van der Waals surface area contributed by atoms with Crippen molar-refractivity contribution < 1.29 is 39.8 Å². The van der Waals surface area contributed by atoms with Crippen LogP contribution in [0.2, 0.25) is 0 Å². The van der Waals surface area contributed by atoms with E-state index in [9.17, 15) is 30.3 Å². The van der Waals surface area contributed by atoms with Crippen LogP contribution in [0.5, 0.6) is 0 Å². The van der Waals surface area contributed by atoms with E-state index >= 15 is 0 Å². The quantitative estimate of drug-likeness (QED) is 0.0268. The molecule has 9 heteroatoms. The van der Waals surface area contributed by atoms with Gasteiger partial charge in [-0.2, -0.15) is 0 Å². The number of hydrogen-bond donors (Lipinski definition) is 6. The van der Waals surface area contributed by atoms with Crippen LogP contribution in [0.1, 0.15) is 206 Å². The van der Waals surface area contributed by atoms with Crippen molar-refractivity contribution >= 4 is 5.91 Å². The normalized spacial score (nSPS) is 21.5. The Kier molecular flexibility index (Phi) is 34.7. The summed E-state index contributed by atoms with van der Waals surface area (Å²) in [6, 6.07) is -0.800. The number of unbranched alkanes of at least 4 members (excludes halogenated alkanes) is 26. The number of rotatable bonds is 38. The fraction of sp³-hybridized carbons (Fsp3) is 0.891. The molecule has 6 N–H and O–H groups in total. The highest BCUT2D eigenvalue weighted by Crippen LogP contribution is 2.22. The van der Waals surface area contributed by atoms with Crippen LogP contribution in [-0.2, 0) is 14.3 Å². The van der Waals surface area contributed by atoms with E-state index in [-0.39, 0.29) is 12.5 Å².